The molecular weight excluding hydrogens is 331 g/mol. The van der Waals surface area contributed by atoms with E-state index in [1.165, 1.54) is 24.2 Å². The molecule has 2 aromatic rings. The smallest absolute Gasteiger partial charge is 0.113 e. The van der Waals surface area contributed by atoms with Gasteiger partial charge >= 0.3 is 0 Å². The molecule has 1 atom stereocenters. The normalized spacial score (nSPS) is 17.0. The van der Waals surface area contributed by atoms with Crippen LogP contribution in [0, 0.1) is 0 Å². The fraction of sp³-hybridized carbons (Fsp3) is 0.429. The van der Waals surface area contributed by atoms with Gasteiger partial charge < -0.3 is 9.88 Å². The Kier molecular flexibility index (Phi) is 9.62. The van der Waals surface area contributed by atoms with E-state index in [-0.39, 0.29) is 37.2 Å². The van der Waals surface area contributed by atoms with Crippen LogP contribution in [0.1, 0.15) is 30.1 Å². The average molecular weight is 352 g/mol. The maximum atomic E-state index is 4.54. The van der Waals surface area contributed by atoms with Crippen molar-refractivity contribution in [1.29, 1.82) is 0 Å². The molecule has 3 heterocycles. The predicted molar refractivity (Wildman–Crippen MR) is 92.2 cm³/mol. The lowest BCUT2D eigenvalue weighted by Gasteiger charge is -2.23. The summed E-state index contributed by atoms with van der Waals surface area (Å²) in [5.41, 5.74) is 1.22. The van der Waals surface area contributed by atoms with Crippen molar-refractivity contribution >= 4 is 37.2 Å². The van der Waals surface area contributed by atoms with Gasteiger partial charge in [0.15, 0.2) is 0 Å². The third-order valence-corrected chi connectivity index (χ3v) is 3.49. The summed E-state index contributed by atoms with van der Waals surface area (Å²) in [5.74, 6) is 1.75. The van der Waals surface area contributed by atoms with Crippen LogP contribution < -0.4 is 5.32 Å². The molecule has 0 saturated carbocycles. The van der Waals surface area contributed by atoms with Gasteiger partial charge in [-0.3, -0.25) is 4.98 Å². The van der Waals surface area contributed by atoms with E-state index in [2.05, 4.69) is 32.1 Å². The van der Waals surface area contributed by atoms with Gasteiger partial charge in [-0.05, 0) is 31.0 Å². The number of nitrogens with one attached hydrogen (secondary N) is 1. The first-order valence-corrected chi connectivity index (χ1v) is 6.54. The Labute approximate surface area is 144 Å². The van der Waals surface area contributed by atoms with E-state index in [0.29, 0.717) is 5.92 Å². The Hall–Kier alpha value is -0.810. The number of rotatable bonds is 3. The molecule has 0 aromatic carbocycles. The number of piperidine rings is 1. The van der Waals surface area contributed by atoms with Crippen LogP contribution >= 0.6 is 37.2 Å². The summed E-state index contributed by atoms with van der Waals surface area (Å²) in [4.78, 5) is 8.70. The molecule has 1 fully saturated rings. The third kappa shape index (κ3) is 5.15. The molecule has 1 saturated heterocycles. The van der Waals surface area contributed by atoms with E-state index in [1.54, 1.807) is 0 Å². The highest BCUT2D eigenvalue weighted by atomic mass is 35.5. The van der Waals surface area contributed by atoms with Gasteiger partial charge in [-0.25, -0.2) is 4.98 Å². The molecule has 4 nitrogen and oxygen atoms in total. The molecule has 21 heavy (non-hydrogen) atoms. The van der Waals surface area contributed by atoms with E-state index < -0.39 is 0 Å². The highest BCUT2D eigenvalue weighted by Crippen LogP contribution is 2.22. The monoisotopic (exact) mass is 350 g/mol. The second-order valence-electron chi connectivity index (χ2n) is 4.82. The molecule has 7 heteroatoms. The van der Waals surface area contributed by atoms with Crippen LogP contribution in [-0.2, 0) is 6.54 Å². The van der Waals surface area contributed by atoms with E-state index in [9.17, 15) is 0 Å². The minimum absolute atomic E-state index is 0. The van der Waals surface area contributed by atoms with E-state index in [0.717, 1.165) is 19.6 Å². The molecule has 0 aliphatic carbocycles. The summed E-state index contributed by atoms with van der Waals surface area (Å²) < 4.78 is 2.24. The molecule has 0 amide bonds. The van der Waals surface area contributed by atoms with Crippen molar-refractivity contribution in [2.24, 2.45) is 0 Å². The van der Waals surface area contributed by atoms with E-state index in [4.69, 9.17) is 0 Å². The number of halogens is 3. The van der Waals surface area contributed by atoms with Crippen molar-refractivity contribution < 1.29 is 0 Å². The fourth-order valence-corrected chi connectivity index (χ4v) is 2.57. The highest BCUT2D eigenvalue weighted by molar-refractivity contribution is 5.86. The third-order valence-electron chi connectivity index (χ3n) is 3.49. The topological polar surface area (TPSA) is 42.7 Å². The first kappa shape index (κ1) is 20.2. The van der Waals surface area contributed by atoms with Crippen molar-refractivity contribution in [2.45, 2.75) is 25.3 Å². The Morgan fingerprint density at radius 3 is 2.76 bits per heavy atom. The molecule has 1 unspecified atom stereocenters. The van der Waals surface area contributed by atoms with Crippen LogP contribution in [0.4, 0.5) is 0 Å². The Bertz CT molecular complexity index is 498. The van der Waals surface area contributed by atoms with Crippen LogP contribution in [0.5, 0.6) is 0 Å². The maximum absolute atomic E-state index is 4.54. The molecule has 2 aromatic heterocycles. The molecule has 0 radical (unpaired) electrons. The molecule has 118 valence electrons. The number of nitrogens with zero attached hydrogens (tertiary/aromatic N) is 3. The van der Waals surface area contributed by atoms with Crippen molar-refractivity contribution in [3.05, 3.63) is 48.3 Å². The summed E-state index contributed by atoms with van der Waals surface area (Å²) >= 11 is 0. The van der Waals surface area contributed by atoms with Crippen molar-refractivity contribution in [3.63, 3.8) is 0 Å². The zero-order valence-electron chi connectivity index (χ0n) is 11.6. The fourth-order valence-electron chi connectivity index (χ4n) is 2.57. The minimum atomic E-state index is 0. The lowest BCUT2D eigenvalue weighted by molar-refractivity contribution is 0.435. The van der Waals surface area contributed by atoms with Gasteiger partial charge in [0, 0.05) is 37.3 Å². The summed E-state index contributed by atoms with van der Waals surface area (Å²) in [7, 11) is 0. The number of hydrogen-bond acceptors (Lipinski definition) is 3. The van der Waals surface area contributed by atoms with Crippen LogP contribution in [0.2, 0.25) is 0 Å². The molecule has 3 rings (SSSR count). The molecule has 0 spiro atoms. The van der Waals surface area contributed by atoms with Gasteiger partial charge in [0.2, 0.25) is 0 Å². The lowest BCUT2D eigenvalue weighted by Crippen LogP contribution is -2.30. The first-order valence-electron chi connectivity index (χ1n) is 6.54. The molecule has 0 bridgehead atoms. The zero-order chi connectivity index (χ0) is 12.2. The molecule has 1 aliphatic rings. The summed E-state index contributed by atoms with van der Waals surface area (Å²) in [6, 6.07) is 4.09. The van der Waals surface area contributed by atoms with Gasteiger partial charge in [0.05, 0.1) is 6.54 Å². The summed E-state index contributed by atoms with van der Waals surface area (Å²) in [6.07, 6.45) is 10.2. The largest absolute Gasteiger partial charge is 0.330 e. The van der Waals surface area contributed by atoms with E-state index >= 15 is 0 Å². The predicted octanol–water partition coefficient (Wildman–Crippen LogP) is 3.06. The second kappa shape index (κ2) is 10.0. The van der Waals surface area contributed by atoms with Crippen LogP contribution in [0.15, 0.2) is 36.9 Å². The Balaban J connectivity index is 0.00000133. The minimum Gasteiger partial charge on any atom is -0.330 e. The maximum Gasteiger partial charge on any atom is 0.113 e. The molecule has 1 N–H and O–H groups in total. The SMILES string of the molecule is Cl.Cl.Cl.c1cncc(Cn2ccnc2C2CCCNC2)c1. The van der Waals surface area contributed by atoms with Gasteiger partial charge in [0.25, 0.3) is 0 Å². The van der Waals surface area contributed by atoms with Gasteiger partial charge in [-0.1, -0.05) is 6.07 Å². The summed E-state index contributed by atoms with van der Waals surface area (Å²) in [5, 5.41) is 3.45. The van der Waals surface area contributed by atoms with Crippen LogP contribution in [-0.4, -0.2) is 27.6 Å². The first-order chi connectivity index (χ1) is 8.93. The van der Waals surface area contributed by atoms with Crippen LogP contribution in [0.25, 0.3) is 0 Å². The van der Waals surface area contributed by atoms with Gasteiger partial charge in [-0.2, -0.15) is 0 Å². The lowest BCUT2D eigenvalue weighted by atomic mass is 9.99. The number of aromatic nitrogens is 3. The summed E-state index contributed by atoms with van der Waals surface area (Å²) in [6.45, 7) is 3.05. The zero-order valence-corrected chi connectivity index (χ0v) is 14.1. The number of hydrogen-bond donors (Lipinski definition) is 1. The highest BCUT2D eigenvalue weighted by Gasteiger charge is 2.19. The van der Waals surface area contributed by atoms with Crippen LogP contribution in [0.3, 0.4) is 0 Å². The number of pyridine rings is 1. The quantitative estimate of drug-likeness (QED) is 0.924. The van der Waals surface area contributed by atoms with Crippen molar-refractivity contribution in [2.75, 3.05) is 13.1 Å². The number of imidazole rings is 1. The van der Waals surface area contributed by atoms with Crippen molar-refractivity contribution in [1.82, 2.24) is 19.9 Å². The Morgan fingerprint density at radius 2 is 2.10 bits per heavy atom. The Morgan fingerprint density at radius 1 is 1.24 bits per heavy atom. The molecular formula is C14H21Cl3N4. The molecule has 1 aliphatic heterocycles. The van der Waals surface area contributed by atoms with E-state index in [1.807, 2.05) is 24.7 Å². The second-order valence-corrected chi connectivity index (χ2v) is 4.82. The average Bonchev–Trinajstić information content (AvgIpc) is 2.89. The standard InChI is InChI=1S/C14H18N4.3ClH/c1-3-12(9-15-5-1)11-18-8-7-17-14(18)13-4-2-6-16-10-13;;;/h1,3,5,7-9,13,16H,2,4,6,10-11H2;3*1H. The van der Waals surface area contributed by atoms with Gasteiger partial charge in [-0.15, -0.1) is 37.2 Å². The van der Waals surface area contributed by atoms with Crippen molar-refractivity contribution in [3.8, 4) is 0 Å². The van der Waals surface area contributed by atoms with Gasteiger partial charge in [0.1, 0.15) is 5.82 Å².